The summed E-state index contributed by atoms with van der Waals surface area (Å²) in [6.07, 6.45) is -2.30. The van der Waals surface area contributed by atoms with Crippen molar-refractivity contribution in [3.05, 3.63) is 53.9 Å². The molecule has 0 aliphatic rings. The normalized spacial score (nSPS) is 13.9. The van der Waals surface area contributed by atoms with E-state index >= 15 is 0 Å². The van der Waals surface area contributed by atoms with Gasteiger partial charge in [-0.25, -0.2) is 12.8 Å². The highest BCUT2D eigenvalue weighted by Crippen LogP contribution is 2.24. The first kappa shape index (κ1) is 24.7. The minimum Gasteiger partial charge on any atom is -0.386 e. The van der Waals surface area contributed by atoms with E-state index in [0.29, 0.717) is 16.8 Å². The summed E-state index contributed by atoms with van der Waals surface area (Å²) in [5.74, 6) is -1.66. The van der Waals surface area contributed by atoms with E-state index in [1.54, 1.807) is 29.6 Å². The molecule has 0 radical (unpaired) electrons. The number of rotatable bonds is 10. The second kappa shape index (κ2) is 10.7. The molecule has 2 atom stereocenters. The number of nitrogens with zero attached hydrogens (tertiary/aromatic N) is 2. The predicted octanol–water partition coefficient (Wildman–Crippen LogP) is 1.82. The van der Waals surface area contributed by atoms with Gasteiger partial charge in [-0.15, -0.1) is 0 Å². The molecule has 1 amide bonds. The molecular formula is C19H22F3N3O5S. The number of benzene rings is 1. The number of carbonyl (C=O) groups is 1. The van der Waals surface area contributed by atoms with E-state index in [-0.39, 0.29) is 12.1 Å². The van der Waals surface area contributed by atoms with E-state index in [0.717, 1.165) is 10.7 Å². The fourth-order valence-electron chi connectivity index (χ4n) is 2.69. The van der Waals surface area contributed by atoms with E-state index in [2.05, 4.69) is 4.98 Å². The third kappa shape index (κ3) is 6.72. The van der Waals surface area contributed by atoms with Crippen LogP contribution in [0.5, 0.6) is 0 Å². The average Bonchev–Trinajstić information content (AvgIpc) is 2.74. The molecule has 2 rings (SSSR count). The van der Waals surface area contributed by atoms with Crippen LogP contribution in [0.3, 0.4) is 0 Å². The number of hydrogen-bond acceptors (Lipinski definition) is 6. The molecule has 1 aromatic carbocycles. The van der Waals surface area contributed by atoms with Gasteiger partial charge in [0.1, 0.15) is 12.8 Å². The Labute approximate surface area is 177 Å². The number of nitrogens with one attached hydrogen (secondary N) is 1. The summed E-state index contributed by atoms with van der Waals surface area (Å²) in [5, 5.41) is 12.0. The number of aromatic nitrogens is 1. The molecule has 31 heavy (non-hydrogen) atoms. The maximum Gasteiger partial charge on any atom is 0.315 e. The van der Waals surface area contributed by atoms with Crippen molar-refractivity contribution < 1.29 is 36.3 Å². The summed E-state index contributed by atoms with van der Waals surface area (Å²) in [6, 6.07) is 7.98. The van der Waals surface area contributed by atoms with E-state index in [1.807, 2.05) is 0 Å². The van der Waals surface area contributed by atoms with Crippen LogP contribution in [-0.4, -0.2) is 61.4 Å². The number of aliphatic hydroxyl groups is 1. The molecule has 0 saturated carbocycles. The van der Waals surface area contributed by atoms with Gasteiger partial charge < -0.3 is 10.4 Å². The number of alkyl halides is 3. The van der Waals surface area contributed by atoms with E-state index in [4.69, 9.17) is 4.84 Å². The molecule has 1 aromatic heterocycles. The Hall–Kier alpha value is -2.54. The molecule has 0 spiro atoms. The van der Waals surface area contributed by atoms with Crippen LogP contribution in [0.2, 0.25) is 0 Å². The molecule has 12 heteroatoms. The SMILES string of the molecule is CON(Cc1ccc(-c2ccc([C@H](O)[C@@H](CF)NC(=O)C(F)F)cc2)cn1)S(C)(=O)=O. The molecule has 2 N–H and O–H groups in total. The van der Waals surface area contributed by atoms with Crippen molar-refractivity contribution in [2.24, 2.45) is 0 Å². The number of hydrogen-bond donors (Lipinski definition) is 2. The van der Waals surface area contributed by atoms with Crippen molar-refractivity contribution in [2.75, 3.05) is 20.0 Å². The van der Waals surface area contributed by atoms with Crippen molar-refractivity contribution in [2.45, 2.75) is 25.1 Å². The average molecular weight is 461 g/mol. The third-order valence-electron chi connectivity index (χ3n) is 4.35. The van der Waals surface area contributed by atoms with Crippen molar-refractivity contribution in [3.8, 4) is 11.1 Å². The van der Waals surface area contributed by atoms with Crippen molar-refractivity contribution in [1.82, 2.24) is 14.8 Å². The first-order valence-electron chi connectivity index (χ1n) is 8.96. The number of carbonyl (C=O) groups excluding carboxylic acids is 1. The van der Waals surface area contributed by atoms with Gasteiger partial charge in [-0.1, -0.05) is 34.8 Å². The quantitative estimate of drug-likeness (QED) is 0.523. The Morgan fingerprint density at radius 3 is 2.26 bits per heavy atom. The first-order chi connectivity index (χ1) is 14.6. The fraction of sp³-hybridized carbons (Fsp3) is 0.368. The zero-order chi connectivity index (χ0) is 23.2. The van der Waals surface area contributed by atoms with Crippen LogP contribution in [0.1, 0.15) is 17.4 Å². The minimum atomic E-state index is -3.56. The van der Waals surface area contributed by atoms with Crippen LogP contribution in [0.15, 0.2) is 42.6 Å². The second-order valence-corrected chi connectivity index (χ2v) is 8.45. The highest BCUT2D eigenvalue weighted by atomic mass is 32.2. The van der Waals surface area contributed by atoms with Gasteiger partial charge in [-0.3, -0.25) is 14.6 Å². The standard InChI is InChI=1S/C19H22F3N3O5S/c1-30-25(31(2,28)29)11-15-8-7-14(10-23-15)12-3-5-13(6-4-12)17(26)16(9-20)24-19(27)18(21)22/h3-8,10,16-18,26H,9,11H2,1-2H3,(H,24,27)/t16-,17+/m1/s1. The first-order valence-corrected chi connectivity index (χ1v) is 10.8. The molecule has 0 bridgehead atoms. The molecule has 170 valence electrons. The molecule has 1 heterocycles. The Kier molecular flexibility index (Phi) is 8.51. The molecule has 0 unspecified atom stereocenters. The molecule has 0 aliphatic carbocycles. The summed E-state index contributed by atoms with van der Waals surface area (Å²) in [4.78, 5) is 20.1. The largest absolute Gasteiger partial charge is 0.386 e. The summed E-state index contributed by atoms with van der Waals surface area (Å²) < 4.78 is 61.7. The number of amides is 1. The molecule has 0 saturated heterocycles. The molecular weight excluding hydrogens is 439 g/mol. The number of aliphatic hydroxyl groups excluding tert-OH is 1. The zero-order valence-corrected chi connectivity index (χ0v) is 17.5. The monoisotopic (exact) mass is 461 g/mol. The Morgan fingerprint density at radius 2 is 1.81 bits per heavy atom. The Bertz CT molecular complexity index is 972. The molecule has 0 aliphatic heterocycles. The summed E-state index contributed by atoms with van der Waals surface area (Å²) in [5.41, 5.74) is 2.05. The summed E-state index contributed by atoms with van der Waals surface area (Å²) >= 11 is 0. The lowest BCUT2D eigenvalue weighted by atomic mass is 9.99. The Balaban J connectivity index is 2.11. The lowest BCUT2D eigenvalue weighted by Crippen LogP contribution is -2.43. The van der Waals surface area contributed by atoms with Gasteiger partial charge in [0.2, 0.25) is 10.0 Å². The van der Waals surface area contributed by atoms with Gasteiger partial charge in [0.05, 0.1) is 31.6 Å². The van der Waals surface area contributed by atoms with Gasteiger partial charge in [-0.2, -0.15) is 8.78 Å². The highest BCUT2D eigenvalue weighted by Gasteiger charge is 2.26. The maximum atomic E-state index is 13.1. The third-order valence-corrected chi connectivity index (χ3v) is 5.37. The second-order valence-electron chi connectivity index (χ2n) is 6.58. The highest BCUT2D eigenvalue weighted by molar-refractivity contribution is 7.88. The predicted molar refractivity (Wildman–Crippen MR) is 106 cm³/mol. The lowest BCUT2D eigenvalue weighted by Gasteiger charge is -2.22. The van der Waals surface area contributed by atoms with Crippen LogP contribution in [0.4, 0.5) is 13.2 Å². The van der Waals surface area contributed by atoms with Gasteiger partial charge in [0.15, 0.2) is 0 Å². The molecule has 2 aromatic rings. The number of hydroxylamine groups is 1. The van der Waals surface area contributed by atoms with Gasteiger partial charge in [0.25, 0.3) is 5.91 Å². The van der Waals surface area contributed by atoms with Gasteiger partial charge in [0, 0.05) is 11.8 Å². The molecule has 0 fully saturated rings. The van der Waals surface area contributed by atoms with Gasteiger partial charge >= 0.3 is 6.43 Å². The van der Waals surface area contributed by atoms with Crippen molar-refractivity contribution in [1.29, 1.82) is 0 Å². The lowest BCUT2D eigenvalue weighted by molar-refractivity contribution is -0.133. The Morgan fingerprint density at radius 1 is 1.19 bits per heavy atom. The maximum absolute atomic E-state index is 13.1. The number of halogens is 3. The van der Waals surface area contributed by atoms with E-state index in [9.17, 15) is 31.5 Å². The van der Waals surface area contributed by atoms with Crippen LogP contribution in [0.25, 0.3) is 11.1 Å². The zero-order valence-electron chi connectivity index (χ0n) is 16.7. The van der Waals surface area contributed by atoms with Gasteiger partial charge in [-0.05, 0) is 17.2 Å². The molecule has 8 nitrogen and oxygen atoms in total. The fourth-order valence-corrected chi connectivity index (χ4v) is 3.33. The number of sulfonamides is 1. The van der Waals surface area contributed by atoms with E-state index in [1.165, 1.54) is 25.4 Å². The summed E-state index contributed by atoms with van der Waals surface area (Å²) in [6.45, 7) is -1.30. The van der Waals surface area contributed by atoms with Crippen molar-refractivity contribution in [3.63, 3.8) is 0 Å². The van der Waals surface area contributed by atoms with Crippen LogP contribution in [0, 0.1) is 0 Å². The van der Waals surface area contributed by atoms with Crippen LogP contribution >= 0.6 is 0 Å². The van der Waals surface area contributed by atoms with Crippen LogP contribution in [-0.2, 0) is 26.2 Å². The van der Waals surface area contributed by atoms with Crippen LogP contribution < -0.4 is 5.32 Å². The minimum absolute atomic E-state index is 0.0737. The van der Waals surface area contributed by atoms with Crippen molar-refractivity contribution >= 4 is 15.9 Å². The summed E-state index contributed by atoms with van der Waals surface area (Å²) in [7, 11) is -2.32. The smallest absolute Gasteiger partial charge is 0.315 e. The number of pyridine rings is 1. The topological polar surface area (TPSA) is 109 Å². The van der Waals surface area contributed by atoms with E-state index < -0.39 is 41.2 Å².